The summed E-state index contributed by atoms with van der Waals surface area (Å²) in [5.41, 5.74) is 3.76. The number of benzene rings is 2. The third-order valence-electron chi connectivity index (χ3n) is 5.61. The number of esters is 1. The van der Waals surface area contributed by atoms with Crippen molar-refractivity contribution in [1.82, 2.24) is 0 Å². The molecule has 0 aliphatic carbocycles. The summed E-state index contributed by atoms with van der Waals surface area (Å²) < 4.78 is 15.8. The molecule has 7 nitrogen and oxygen atoms in total. The Kier molecular flexibility index (Phi) is 7.02. The van der Waals surface area contributed by atoms with Gasteiger partial charge in [0, 0.05) is 28.5 Å². The van der Waals surface area contributed by atoms with E-state index >= 15 is 0 Å². The highest BCUT2D eigenvalue weighted by atomic mass is 32.1. The summed E-state index contributed by atoms with van der Waals surface area (Å²) in [6.45, 7) is 5.76. The van der Waals surface area contributed by atoms with Gasteiger partial charge in [-0.25, -0.2) is 9.59 Å². The van der Waals surface area contributed by atoms with Gasteiger partial charge in [0.05, 0.1) is 7.11 Å². The molecule has 0 atom stereocenters. The lowest BCUT2D eigenvalue weighted by atomic mass is 9.98. The Labute approximate surface area is 206 Å². The summed E-state index contributed by atoms with van der Waals surface area (Å²) in [6.07, 6.45) is 0. The first-order valence-electron chi connectivity index (χ1n) is 11.0. The van der Waals surface area contributed by atoms with Crippen LogP contribution in [0, 0.1) is 6.92 Å². The predicted molar refractivity (Wildman–Crippen MR) is 137 cm³/mol. The molecule has 1 amide bonds. The molecule has 0 aliphatic rings. The van der Waals surface area contributed by atoms with E-state index < -0.39 is 17.5 Å². The lowest BCUT2D eigenvalue weighted by Gasteiger charge is -2.10. The number of carbonyl (C=O) groups excluding carboxylic acids is 2. The Hall–Kier alpha value is -3.91. The van der Waals surface area contributed by atoms with Gasteiger partial charge in [0.1, 0.15) is 21.9 Å². The highest BCUT2D eigenvalue weighted by molar-refractivity contribution is 7.15. The van der Waals surface area contributed by atoms with E-state index in [2.05, 4.69) is 19.2 Å². The van der Waals surface area contributed by atoms with Crippen LogP contribution in [0.1, 0.15) is 41.3 Å². The summed E-state index contributed by atoms with van der Waals surface area (Å²) in [6, 6.07) is 14.4. The van der Waals surface area contributed by atoms with Crippen LogP contribution in [0.2, 0.25) is 0 Å². The van der Waals surface area contributed by atoms with E-state index in [4.69, 9.17) is 13.9 Å². The zero-order valence-electron chi connectivity index (χ0n) is 19.8. The molecule has 4 rings (SSSR count). The number of amides is 1. The maximum Gasteiger partial charge on any atom is 0.341 e. The van der Waals surface area contributed by atoms with Gasteiger partial charge in [-0.05, 0) is 41.7 Å². The summed E-state index contributed by atoms with van der Waals surface area (Å²) in [4.78, 5) is 36.8. The van der Waals surface area contributed by atoms with Crippen molar-refractivity contribution in [2.45, 2.75) is 26.7 Å². The lowest BCUT2D eigenvalue weighted by molar-refractivity contribution is -0.118. The standard InChI is InChI=1S/C27H25NO6S/c1-15(2)17-5-7-18(8-6-17)21-14-35-26(25(21)27(31)32-4)28-23(29)13-33-19-9-10-20-16(3)11-24(30)34-22(20)12-19/h5-12,14-15H,13H2,1-4H3,(H,28,29). The first kappa shape index (κ1) is 24.2. The highest BCUT2D eigenvalue weighted by Gasteiger charge is 2.22. The van der Waals surface area contributed by atoms with E-state index in [1.165, 1.54) is 30.1 Å². The van der Waals surface area contributed by atoms with Gasteiger partial charge in [-0.1, -0.05) is 38.1 Å². The highest BCUT2D eigenvalue weighted by Crippen LogP contribution is 2.36. The number of ether oxygens (including phenoxy) is 2. The Morgan fingerprint density at radius 1 is 1.09 bits per heavy atom. The molecule has 2 aromatic heterocycles. The second kappa shape index (κ2) is 10.1. The maximum atomic E-state index is 12.6. The predicted octanol–water partition coefficient (Wildman–Crippen LogP) is 5.76. The van der Waals surface area contributed by atoms with Crippen LogP contribution < -0.4 is 15.7 Å². The molecule has 2 aromatic carbocycles. The topological polar surface area (TPSA) is 94.8 Å². The molecule has 0 saturated heterocycles. The number of rotatable bonds is 7. The van der Waals surface area contributed by atoms with Gasteiger partial charge in [0.15, 0.2) is 6.61 Å². The average molecular weight is 492 g/mol. The van der Waals surface area contributed by atoms with E-state index in [-0.39, 0.29) is 6.61 Å². The van der Waals surface area contributed by atoms with E-state index in [1.54, 1.807) is 18.2 Å². The lowest BCUT2D eigenvalue weighted by Crippen LogP contribution is -2.21. The van der Waals surface area contributed by atoms with Crippen molar-refractivity contribution in [3.05, 3.63) is 81.0 Å². The van der Waals surface area contributed by atoms with Gasteiger partial charge >= 0.3 is 11.6 Å². The van der Waals surface area contributed by atoms with Crippen molar-refractivity contribution in [1.29, 1.82) is 0 Å². The zero-order valence-corrected chi connectivity index (χ0v) is 20.7. The first-order chi connectivity index (χ1) is 16.8. The van der Waals surface area contributed by atoms with Crippen LogP contribution >= 0.6 is 11.3 Å². The first-order valence-corrected chi connectivity index (χ1v) is 11.9. The molecule has 4 aromatic rings. The van der Waals surface area contributed by atoms with Gasteiger partial charge in [-0.2, -0.15) is 0 Å². The molecule has 0 aliphatic heterocycles. The number of nitrogens with one attached hydrogen (secondary N) is 1. The molecule has 180 valence electrons. The summed E-state index contributed by atoms with van der Waals surface area (Å²) in [7, 11) is 1.31. The molecule has 0 saturated carbocycles. The molecule has 2 heterocycles. The molecule has 0 unspecified atom stereocenters. The Morgan fingerprint density at radius 2 is 1.83 bits per heavy atom. The number of thiophene rings is 1. The van der Waals surface area contributed by atoms with E-state index in [0.717, 1.165) is 16.5 Å². The van der Waals surface area contributed by atoms with Crippen LogP contribution in [0.5, 0.6) is 5.75 Å². The molecule has 0 spiro atoms. The van der Waals surface area contributed by atoms with Crippen molar-refractivity contribution in [3.8, 4) is 16.9 Å². The summed E-state index contributed by atoms with van der Waals surface area (Å²) in [5.74, 6) is -0.203. The fourth-order valence-corrected chi connectivity index (χ4v) is 4.69. The van der Waals surface area contributed by atoms with E-state index in [1.807, 2.05) is 36.6 Å². The van der Waals surface area contributed by atoms with Crippen molar-refractivity contribution in [3.63, 3.8) is 0 Å². The maximum absolute atomic E-state index is 12.6. The number of anilines is 1. The SMILES string of the molecule is COC(=O)c1c(-c2ccc(C(C)C)cc2)csc1NC(=O)COc1ccc2c(C)cc(=O)oc2c1. The Morgan fingerprint density at radius 3 is 2.51 bits per heavy atom. The molecule has 0 bridgehead atoms. The van der Waals surface area contributed by atoms with Crippen LogP contribution in [-0.2, 0) is 9.53 Å². The van der Waals surface area contributed by atoms with Gasteiger partial charge in [-0.3, -0.25) is 4.79 Å². The molecule has 0 radical (unpaired) electrons. The zero-order chi connectivity index (χ0) is 25.1. The van der Waals surface area contributed by atoms with Crippen molar-refractivity contribution < 1.29 is 23.5 Å². The smallest absolute Gasteiger partial charge is 0.341 e. The summed E-state index contributed by atoms with van der Waals surface area (Å²) >= 11 is 1.24. The molecule has 8 heteroatoms. The number of hydrogen-bond acceptors (Lipinski definition) is 7. The Balaban J connectivity index is 1.51. The fourth-order valence-electron chi connectivity index (χ4n) is 3.72. The van der Waals surface area contributed by atoms with Crippen molar-refractivity contribution in [2.75, 3.05) is 19.0 Å². The van der Waals surface area contributed by atoms with Crippen LogP contribution in [0.4, 0.5) is 5.00 Å². The van der Waals surface area contributed by atoms with Crippen LogP contribution in [0.25, 0.3) is 22.1 Å². The van der Waals surface area contributed by atoms with Gasteiger partial charge in [-0.15, -0.1) is 11.3 Å². The molecular weight excluding hydrogens is 466 g/mol. The summed E-state index contributed by atoms with van der Waals surface area (Å²) in [5, 5.41) is 5.74. The largest absolute Gasteiger partial charge is 0.484 e. The van der Waals surface area contributed by atoms with Crippen LogP contribution in [0.15, 0.2) is 63.1 Å². The minimum absolute atomic E-state index is 0.293. The van der Waals surface area contributed by atoms with Crippen molar-refractivity contribution >= 4 is 39.2 Å². The van der Waals surface area contributed by atoms with E-state index in [9.17, 15) is 14.4 Å². The molecular formula is C27H25NO6S. The van der Waals surface area contributed by atoms with Gasteiger partial charge in [0.2, 0.25) is 0 Å². The number of fused-ring (bicyclic) bond motifs is 1. The number of hydrogen-bond donors (Lipinski definition) is 1. The second-order valence-electron chi connectivity index (χ2n) is 8.37. The van der Waals surface area contributed by atoms with Crippen LogP contribution in [0.3, 0.4) is 0 Å². The number of aryl methyl sites for hydroxylation is 1. The number of carbonyl (C=O) groups is 2. The quantitative estimate of drug-likeness (QED) is 0.261. The minimum atomic E-state index is -0.537. The van der Waals surface area contributed by atoms with Crippen LogP contribution in [-0.4, -0.2) is 25.6 Å². The second-order valence-corrected chi connectivity index (χ2v) is 9.24. The van der Waals surface area contributed by atoms with Gasteiger partial charge < -0.3 is 19.2 Å². The minimum Gasteiger partial charge on any atom is -0.484 e. The van der Waals surface area contributed by atoms with E-state index in [0.29, 0.717) is 33.4 Å². The monoisotopic (exact) mass is 491 g/mol. The molecule has 1 N–H and O–H groups in total. The molecule has 35 heavy (non-hydrogen) atoms. The normalized spacial score (nSPS) is 11.0. The Bertz CT molecular complexity index is 1450. The average Bonchev–Trinajstić information content (AvgIpc) is 3.25. The molecule has 0 fully saturated rings. The fraction of sp³-hybridized carbons (Fsp3) is 0.222. The third kappa shape index (κ3) is 5.27. The number of methoxy groups -OCH3 is 1. The van der Waals surface area contributed by atoms with Gasteiger partial charge in [0.25, 0.3) is 5.91 Å². The van der Waals surface area contributed by atoms with Crippen molar-refractivity contribution in [2.24, 2.45) is 0 Å². The third-order valence-corrected chi connectivity index (χ3v) is 6.51.